The van der Waals surface area contributed by atoms with Crippen LogP contribution in [0.3, 0.4) is 0 Å². The molecule has 0 aliphatic rings. The lowest BCUT2D eigenvalue weighted by atomic mass is 10.0. The van der Waals surface area contributed by atoms with Gasteiger partial charge < -0.3 is 15.4 Å². The number of rotatable bonds is 8. The zero-order valence-corrected chi connectivity index (χ0v) is 17.8. The molecule has 0 fully saturated rings. The van der Waals surface area contributed by atoms with E-state index < -0.39 is 22.7 Å². The number of aromatic hydroxyl groups is 2. The average molecular weight is 421 g/mol. The zero-order chi connectivity index (χ0) is 23.0. The van der Waals surface area contributed by atoms with Gasteiger partial charge in [0.1, 0.15) is 17.1 Å². The predicted molar refractivity (Wildman–Crippen MR) is 122 cm³/mol. The van der Waals surface area contributed by atoms with Crippen molar-refractivity contribution in [3.63, 3.8) is 0 Å². The molecule has 162 valence electrons. The number of hydrogen-bond donors (Lipinski definition) is 3. The van der Waals surface area contributed by atoms with Gasteiger partial charge in [-0.1, -0.05) is 74.4 Å². The molecular formula is C25H27NO5. The second kappa shape index (κ2) is 10.8. The molecule has 1 aromatic heterocycles. The molecule has 31 heavy (non-hydrogen) atoms. The van der Waals surface area contributed by atoms with Gasteiger partial charge in [-0.2, -0.15) is 4.73 Å². The fourth-order valence-corrected chi connectivity index (χ4v) is 2.85. The van der Waals surface area contributed by atoms with Crippen LogP contribution in [0.15, 0.2) is 83.4 Å². The van der Waals surface area contributed by atoms with Crippen molar-refractivity contribution in [2.24, 2.45) is 5.92 Å². The van der Waals surface area contributed by atoms with E-state index in [0.717, 1.165) is 24.3 Å². The summed E-state index contributed by atoms with van der Waals surface area (Å²) < 4.78 is 0.258. The van der Waals surface area contributed by atoms with Gasteiger partial charge in [0.05, 0.1) is 6.20 Å². The molecule has 6 heteroatoms. The van der Waals surface area contributed by atoms with Crippen LogP contribution < -0.4 is 5.56 Å². The average Bonchev–Trinajstić information content (AvgIpc) is 2.74. The first-order valence-electron chi connectivity index (χ1n) is 9.96. The lowest BCUT2D eigenvalue weighted by Gasteiger charge is -2.10. The topological polar surface area (TPSA) is 99.8 Å². The Hall–Kier alpha value is -3.80. The van der Waals surface area contributed by atoms with Crippen LogP contribution >= 0.6 is 0 Å². The van der Waals surface area contributed by atoms with Crippen molar-refractivity contribution >= 4 is 5.78 Å². The number of carbonyl (C=O) groups is 1. The summed E-state index contributed by atoms with van der Waals surface area (Å²) in [6.07, 6.45) is 14.0. The van der Waals surface area contributed by atoms with Gasteiger partial charge in [0.2, 0.25) is 0 Å². The highest BCUT2D eigenvalue weighted by molar-refractivity contribution is 6.07. The van der Waals surface area contributed by atoms with Crippen LogP contribution in [-0.4, -0.2) is 25.9 Å². The number of allylic oxidation sites excluding steroid dienone is 8. The summed E-state index contributed by atoms with van der Waals surface area (Å²) >= 11 is 0. The van der Waals surface area contributed by atoms with Crippen LogP contribution in [0.1, 0.15) is 37.6 Å². The fourth-order valence-electron chi connectivity index (χ4n) is 2.85. The van der Waals surface area contributed by atoms with Crippen molar-refractivity contribution in [3.8, 4) is 22.6 Å². The van der Waals surface area contributed by atoms with Gasteiger partial charge in [-0.25, -0.2) is 0 Å². The Kier molecular flexibility index (Phi) is 8.20. The smallest absolute Gasteiger partial charge is 0.297 e. The van der Waals surface area contributed by atoms with E-state index in [1.165, 1.54) is 30.3 Å². The third kappa shape index (κ3) is 6.34. The number of phenolic OH excluding ortho intramolecular Hbond substituents is 1. The highest BCUT2D eigenvalue weighted by Gasteiger charge is 2.20. The maximum Gasteiger partial charge on any atom is 0.297 e. The van der Waals surface area contributed by atoms with Crippen LogP contribution in [-0.2, 0) is 0 Å². The van der Waals surface area contributed by atoms with Crippen LogP contribution in [0.2, 0.25) is 0 Å². The molecule has 0 saturated heterocycles. The number of pyridine rings is 1. The molecule has 0 spiro atoms. The first-order valence-corrected chi connectivity index (χ1v) is 9.96. The Morgan fingerprint density at radius 2 is 1.68 bits per heavy atom. The number of aromatic nitrogens is 1. The van der Waals surface area contributed by atoms with E-state index in [1.807, 2.05) is 19.1 Å². The monoisotopic (exact) mass is 421 g/mol. The number of carbonyl (C=O) groups excluding carboxylic acids is 1. The van der Waals surface area contributed by atoms with E-state index in [2.05, 4.69) is 19.9 Å². The van der Waals surface area contributed by atoms with Gasteiger partial charge in [0.25, 0.3) is 5.56 Å². The molecule has 0 aliphatic carbocycles. The second-order valence-corrected chi connectivity index (χ2v) is 7.23. The molecule has 1 aromatic carbocycles. The Bertz CT molecular complexity index is 1100. The summed E-state index contributed by atoms with van der Waals surface area (Å²) in [6, 6.07) is 5.76. The second-order valence-electron chi connectivity index (χ2n) is 7.23. The van der Waals surface area contributed by atoms with E-state index in [-0.39, 0.29) is 16.0 Å². The van der Waals surface area contributed by atoms with Crippen molar-refractivity contribution in [1.82, 2.24) is 4.73 Å². The molecule has 0 aliphatic heterocycles. The van der Waals surface area contributed by atoms with Gasteiger partial charge in [-0.15, -0.1) is 0 Å². The van der Waals surface area contributed by atoms with Crippen molar-refractivity contribution in [2.45, 2.75) is 27.2 Å². The van der Waals surface area contributed by atoms with E-state index in [0.29, 0.717) is 11.5 Å². The van der Waals surface area contributed by atoms with Gasteiger partial charge in [0.15, 0.2) is 5.78 Å². The van der Waals surface area contributed by atoms with Crippen LogP contribution in [0.5, 0.6) is 11.5 Å². The predicted octanol–water partition coefficient (Wildman–Crippen LogP) is 5.01. The maximum atomic E-state index is 12.5. The third-order valence-electron chi connectivity index (χ3n) is 4.72. The summed E-state index contributed by atoms with van der Waals surface area (Å²) in [6.45, 7) is 6.29. The van der Waals surface area contributed by atoms with Gasteiger partial charge in [-0.3, -0.25) is 9.59 Å². The van der Waals surface area contributed by atoms with Crippen molar-refractivity contribution in [3.05, 3.63) is 94.5 Å². The highest BCUT2D eigenvalue weighted by atomic mass is 16.5. The molecule has 1 atom stereocenters. The minimum absolute atomic E-state index is 0.0196. The van der Waals surface area contributed by atoms with Crippen LogP contribution in [0.4, 0.5) is 0 Å². The third-order valence-corrected chi connectivity index (χ3v) is 4.72. The van der Waals surface area contributed by atoms with Crippen molar-refractivity contribution < 1.29 is 20.2 Å². The maximum absolute atomic E-state index is 12.5. The van der Waals surface area contributed by atoms with E-state index in [4.69, 9.17) is 0 Å². The summed E-state index contributed by atoms with van der Waals surface area (Å²) in [7, 11) is 0. The number of ketones is 1. The number of nitrogens with zero attached hydrogens (tertiary/aromatic N) is 1. The van der Waals surface area contributed by atoms with E-state index in [9.17, 15) is 25.0 Å². The highest BCUT2D eigenvalue weighted by Crippen LogP contribution is 2.31. The molecule has 2 rings (SSSR count). The molecule has 2 aromatic rings. The zero-order valence-electron chi connectivity index (χ0n) is 17.8. The summed E-state index contributed by atoms with van der Waals surface area (Å²) in [4.78, 5) is 24.7. The number of benzene rings is 1. The Balaban J connectivity index is 2.22. The standard InChI is InChI=1S/C25H27NO5/c1-4-17(2)15-18(3)9-7-5-6-8-10-22(28)23-24(29)21(16-26(31)25(23)30)19-11-13-20(27)14-12-19/h5-17,27,29,31H,4H2,1-3H3/t17-/m1/s1. The molecular weight excluding hydrogens is 394 g/mol. The fraction of sp³-hybridized carbons (Fsp3) is 0.200. The summed E-state index contributed by atoms with van der Waals surface area (Å²) in [5.41, 5.74) is 0.0753. The van der Waals surface area contributed by atoms with E-state index >= 15 is 0 Å². The molecule has 3 N–H and O–H groups in total. The van der Waals surface area contributed by atoms with E-state index in [1.54, 1.807) is 12.2 Å². The van der Waals surface area contributed by atoms with Gasteiger partial charge >= 0.3 is 0 Å². The molecule has 0 bridgehead atoms. The van der Waals surface area contributed by atoms with Crippen molar-refractivity contribution in [2.75, 3.05) is 0 Å². The van der Waals surface area contributed by atoms with Crippen LogP contribution in [0, 0.1) is 5.92 Å². The van der Waals surface area contributed by atoms with Crippen molar-refractivity contribution in [1.29, 1.82) is 0 Å². The minimum Gasteiger partial charge on any atom is -0.508 e. The SMILES string of the molecule is CC[C@@H](C)C=C(C)C=CC=CC=CC(=O)c1c(O)c(-c2ccc(O)cc2)cn(O)c1=O. The first kappa shape index (κ1) is 23.5. The molecule has 6 nitrogen and oxygen atoms in total. The van der Waals surface area contributed by atoms with Gasteiger partial charge in [-0.05, 0) is 36.6 Å². The first-order chi connectivity index (χ1) is 14.7. The lowest BCUT2D eigenvalue weighted by molar-refractivity contribution is 0.103. The Morgan fingerprint density at radius 3 is 2.29 bits per heavy atom. The Labute approximate surface area is 181 Å². The quantitative estimate of drug-likeness (QED) is 0.241. The molecule has 0 radical (unpaired) electrons. The van der Waals surface area contributed by atoms with Gasteiger partial charge in [0, 0.05) is 5.56 Å². The Morgan fingerprint density at radius 1 is 1.06 bits per heavy atom. The normalized spacial score (nSPS) is 13.5. The summed E-state index contributed by atoms with van der Waals surface area (Å²) in [5.74, 6) is -0.754. The van der Waals surface area contributed by atoms with Crippen LogP contribution in [0.25, 0.3) is 11.1 Å². The molecule has 0 unspecified atom stereocenters. The largest absolute Gasteiger partial charge is 0.508 e. The molecule has 0 amide bonds. The molecule has 0 saturated carbocycles. The molecule has 1 heterocycles. The minimum atomic E-state index is -1.02. The summed E-state index contributed by atoms with van der Waals surface area (Å²) in [5, 5.41) is 29.8. The number of phenols is 1. The number of hydrogen-bond acceptors (Lipinski definition) is 5. The lowest BCUT2D eigenvalue weighted by Crippen LogP contribution is -2.24.